The van der Waals surface area contributed by atoms with Gasteiger partial charge in [-0.3, -0.25) is 0 Å². The smallest absolute Gasteiger partial charge is 0.188 e. The Bertz CT molecular complexity index is 433. The monoisotopic (exact) mass is 280 g/mol. The van der Waals surface area contributed by atoms with Gasteiger partial charge in [-0.25, -0.2) is 4.99 Å². The average Bonchev–Trinajstić information content (AvgIpc) is 2.77. The summed E-state index contributed by atoms with van der Waals surface area (Å²) in [5.74, 6) is 0.884. The molecule has 1 aromatic rings. The van der Waals surface area contributed by atoms with Crippen LogP contribution in [0.1, 0.15) is 5.56 Å². The van der Waals surface area contributed by atoms with Crippen LogP contribution in [0.25, 0.3) is 0 Å². The molecule has 0 aromatic heterocycles. The van der Waals surface area contributed by atoms with Crippen molar-refractivity contribution in [2.24, 2.45) is 4.99 Å². The van der Waals surface area contributed by atoms with Gasteiger partial charge in [0.2, 0.25) is 0 Å². The topological polar surface area (TPSA) is 33.6 Å². The first kappa shape index (κ1) is 10.3. The van der Waals surface area contributed by atoms with Crippen molar-refractivity contribution in [3.05, 3.63) is 34.3 Å². The number of ether oxygens (including phenoxy) is 1. The van der Waals surface area contributed by atoms with Crippen molar-refractivity contribution in [3.8, 4) is 0 Å². The lowest BCUT2D eigenvalue weighted by Crippen LogP contribution is -2.20. The lowest BCUT2D eigenvalue weighted by atomic mass is 10.1. The molecule has 1 aromatic carbocycles. The number of nitrogens with one attached hydrogen (secondary N) is 1. The van der Waals surface area contributed by atoms with Gasteiger partial charge >= 0.3 is 0 Å². The first-order valence-electron chi connectivity index (χ1n) is 5.50. The molecule has 2 heterocycles. The average molecular weight is 281 g/mol. The SMILES string of the molecule is Brc1cccc(CC2=NC3CNCC3O2)c1. The molecule has 0 saturated carbocycles. The lowest BCUT2D eigenvalue weighted by molar-refractivity contribution is 0.220. The molecule has 0 spiro atoms. The molecule has 0 radical (unpaired) electrons. The third-order valence-electron chi connectivity index (χ3n) is 2.97. The molecule has 3 rings (SSSR count). The second-order valence-electron chi connectivity index (χ2n) is 4.21. The van der Waals surface area contributed by atoms with Gasteiger partial charge in [-0.2, -0.15) is 0 Å². The summed E-state index contributed by atoms with van der Waals surface area (Å²) < 4.78 is 6.90. The number of fused-ring (bicyclic) bond motifs is 1. The van der Waals surface area contributed by atoms with Crippen LogP contribution < -0.4 is 5.32 Å². The van der Waals surface area contributed by atoms with Gasteiger partial charge in [0.15, 0.2) is 5.90 Å². The van der Waals surface area contributed by atoms with Gasteiger partial charge in [-0.15, -0.1) is 0 Å². The van der Waals surface area contributed by atoms with Crippen LogP contribution >= 0.6 is 15.9 Å². The third kappa shape index (κ3) is 1.99. The van der Waals surface area contributed by atoms with Crippen molar-refractivity contribution < 1.29 is 4.74 Å². The van der Waals surface area contributed by atoms with Crippen molar-refractivity contribution >= 4 is 21.8 Å². The van der Waals surface area contributed by atoms with Crippen molar-refractivity contribution in [1.82, 2.24) is 5.32 Å². The minimum absolute atomic E-state index is 0.266. The van der Waals surface area contributed by atoms with E-state index in [4.69, 9.17) is 4.74 Å². The van der Waals surface area contributed by atoms with Crippen molar-refractivity contribution in [1.29, 1.82) is 0 Å². The zero-order valence-electron chi connectivity index (χ0n) is 8.82. The highest BCUT2D eigenvalue weighted by molar-refractivity contribution is 9.10. The second-order valence-corrected chi connectivity index (χ2v) is 5.13. The zero-order chi connectivity index (χ0) is 11.0. The van der Waals surface area contributed by atoms with Gasteiger partial charge in [0.25, 0.3) is 0 Å². The van der Waals surface area contributed by atoms with E-state index in [0.717, 1.165) is 29.9 Å². The van der Waals surface area contributed by atoms with Crippen LogP contribution in [0.15, 0.2) is 33.7 Å². The maximum absolute atomic E-state index is 5.80. The van der Waals surface area contributed by atoms with Crippen LogP contribution in [-0.4, -0.2) is 31.1 Å². The van der Waals surface area contributed by atoms with Crippen LogP contribution in [0.2, 0.25) is 0 Å². The standard InChI is InChI=1S/C12H13BrN2O/c13-9-3-1-2-8(4-9)5-12-15-10-6-14-7-11(10)16-12/h1-4,10-11,14H,5-7H2. The van der Waals surface area contributed by atoms with Gasteiger partial charge < -0.3 is 10.1 Å². The molecule has 2 aliphatic heterocycles. The molecule has 0 bridgehead atoms. The van der Waals surface area contributed by atoms with E-state index >= 15 is 0 Å². The molecular weight excluding hydrogens is 268 g/mol. The first-order chi connectivity index (χ1) is 7.81. The molecule has 2 unspecified atom stereocenters. The Labute approximate surface area is 103 Å². The summed E-state index contributed by atoms with van der Waals surface area (Å²) in [6, 6.07) is 8.61. The van der Waals surface area contributed by atoms with Gasteiger partial charge in [-0.05, 0) is 17.7 Å². The van der Waals surface area contributed by atoms with Crippen molar-refractivity contribution in [3.63, 3.8) is 0 Å². The molecule has 1 saturated heterocycles. The Hall–Kier alpha value is -0.870. The second kappa shape index (κ2) is 4.18. The van der Waals surface area contributed by atoms with E-state index in [1.807, 2.05) is 12.1 Å². The number of benzene rings is 1. The number of rotatable bonds is 2. The molecule has 0 amide bonds. The van der Waals surface area contributed by atoms with Crippen molar-refractivity contribution in [2.75, 3.05) is 13.1 Å². The summed E-state index contributed by atoms with van der Waals surface area (Å²) >= 11 is 3.47. The number of nitrogens with zero attached hydrogens (tertiary/aromatic N) is 1. The summed E-state index contributed by atoms with van der Waals surface area (Å²) in [6.45, 7) is 1.88. The Balaban J connectivity index is 1.72. The Morgan fingerprint density at radius 1 is 1.44 bits per heavy atom. The maximum Gasteiger partial charge on any atom is 0.188 e. The number of hydrogen-bond acceptors (Lipinski definition) is 3. The summed E-state index contributed by atoms with van der Waals surface area (Å²) in [7, 11) is 0. The van der Waals surface area contributed by atoms with Crippen LogP contribution in [0, 0.1) is 0 Å². The molecule has 3 nitrogen and oxygen atoms in total. The highest BCUT2D eigenvalue weighted by Crippen LogP contribution is 2.20. The number of aliphatic imine (C=N–C) groups is 1. The van der Waals surface area contributed by atoms with Gasteiger partial charge in [0.05, 0.1) is 0 Å². The van der Waals surface area contributed by atoms with Crippen LogP contribution in [0.5, 0.6) is 0 Å². The predicted molar refractivity (Wildman–Crippen MR) is 66.8 cm³/mol. The van der Waals surface area contributed by atoms with E-state index in [0.29, 0.717) is 6.04 Å². The van der Waals surface area contributed by atoms with E-state index in [2.05, 4.69) is 38.4 Å². The number of halogens is 1. The highest BCUT2D eigenvalue weighted by Gasteiger charge is 2.34. The molecule has 1 fully saturated rings. The van der Waals surface area contributed by atoms with Crippen LogP contribution in [0.3, 0.4) is 0 Å². The fraction of sp³-hybridized carbons (Fsp3) is 0.417. The molecule has 4 heteroatoms. The predicted octanol–water partition coefficient (Wildman–Crippen LogP) is 1.76. The van der Waals surface area contributed by atoms with Gasteiger partial charge in [0, 0.05) is 24.0 Å². The zero-order valence-corrected chi connectivity index (χ0v) is 10.4. The molecule has 2 atom stereocenters. The minimum atomic E-state index is 0.266. The third-order valence-corrected chi connectivity index (χ3v) is 3.46. The number of hydrogen-bond donors (Lipinski definition) is 1. The fourth-order valence-electron chi connectivity index (χ4n) is 2.19. The Morgan fingerprint density at radius 3 is 3.19 bits per heavy atom. The van der Waals surface area contributed by atoms with E-state index in [9.17, 15) is 0 Å². The van der Waals surface area contributed by atoms with E-state index in [-0.39, 0.29) is 6.10 Å². The fourth-order valence-corrected chi connectivity index (χ4v) is 2.64. The quantitative estimate of drug-likeness (QED) is 0.896. The minimum Gasteiger partial charge on any atom is -0.474 e. The largest absolute Gasteiger partial charge is 0.474 e. The summed E-state index contributed by atoms with van der Waals surface area (Å²) in [5, 5.41) is 3.28. The summed E-state index contributed by atoms with van der Waals surface area (Å²) in [6.07, 6.45) is 1.06. The normalized spacial score (nSPS) is 27.4. The van der Waals surface area contributed by atoms with E-state index in [1.165, 1.54) is 5.56 Å². The molecule has 0 aliphatic carbocycles. The van der Waals surface area contributed by atoms with Crippen LogP contribution in [-0.2, 0) is 11.2 Å². The molecular formula is C12H13BrN2O. The molecule has 2 aliphatic rings. The molecule has 1 N–H and O–H groups in total. The molecule has 16 heavy (non-hydrogen) atoms. The van der Waals surface area contributed by atoms with E-state index < -0.39 is 0 Å². The summed E-state index contributed by atoms with van der Waals surface area (Å²) in [4.78, 5) is 4.59. The lowest BCUT2D eigenvalue weighted by Gasteiger charge is -2.08. The highest BCUT2D eigenvalue weighted by atomic mass is 79.9. The van der Waals surface area contributed by atoms with Crippen molar-refractivity contribution in [2.45, 2.75) is 18.6 Å². The van der Waals surface area contributed by atoms with E-state index in [1.54, 1.807) is 0 Å². The first-order valence-corrected chi connectivity index (χ1v) is 6.29. The molecule has 84 valence electrons. The maximum atomic E-state index is 5.80. The van der Waals surface area contributed by atoms with Gasteiger partial charge in [0.1, 0.15) is 12.1 Å². The Morgan fingerprint density at radius 2 is 2.38 bits per heavy atom. The van der Waals surface area contributed by atoms with Gasteiger partial charge in [-0.1, -0.05) is 28.1 Å². The Kier molecular flexibility index (Phi) is 2.69. The summed E-state index contributed by atoms with van der Waals surface area (Å²) in [5.41, 5.74) is 1.24. The van der Waals surface area contributed by atoms with Crippen LogP contribution in [0.4, 0.5) is 0 Å².